The minimum atomic E-state index is -1.14. The Morgan fingerprint density at radius 3 is 2.39 bits per heavy atom. The zero-order valence-electron chi connectivity index (χ0n) is 17.5. The molecule has 164 valence electrons. The van der Waals surface area contributed by atoms with Gasteiger partial charge in [-0.05, 0) is 23.8 Å². The van der Waals surface area contributed by atoms with Crippen molar-refractivity contribution in [2.24, 2.45) is 0 Å². The maximum atomic E-state index is 13.0. The van der Waals surface area contributed by atoms with E-state index in [1.807, 2.05) is 60.7 Å². The predicted octanol–water partition coefficient (Wildman–Crippen LogP) is 3.64. The average Bonchev–Trinajstić information content (AvgIpc) is 3.52. The Kier molecular flexibility index (Phi) is 5.50. The summed E-state index contributed by atoms with van der Waals surface area (Å²) < 4.78 is 22.8. The van der Waals surface area contributed by atoms with Crippen LogP contribution < -0.4 is 10.2 Å². The van der Waals surface area contributed by atoms with Crippen molar-refractivity contribution in [2.45, 2.75) is 6.54 Å². The van der Waals surface area contributed by atoms with Gasteiger partial charge in [-0.2, -0.15) is 15.3 Å². The number of hydrogen-bond donors (Lipinski definition) is 0. The highest BCUT2D eigenvalue weighted by atomic mass is 19.1. The average molecular weight is 442 g/mol. The number of rotatable bonds is 7. The summed E-state index contributed by atoms with van der Waals surface area (Å²) in [6.45, 7) is -0.563. The fraction of sp³-hybridized carbons (Fsp3) is 0.0833. The van der Waals surface area contributed by atoms with E-state index in [1.165, 1.54) is 10.9 Å². The van der Waals surface area contributed by atoms with Crippen LogP contribution in [-0.2, 0) is 6.54 Å². The Labute approximate surface area is 188 Å². The van der Waals surface area contributed by atoms with Gasteiger partial charge in [0.05, 0.1) is 42.7 Å². The molecule has 0 saturated carbocycles. The molecule has 5 rings (SSSR count). The topological polar surface area (TPSA) is 79.8 Å². The van der Waals surface area contributed by atoms with Gasteiger partial charge in [0.1, 0.15) is 5.69 Å². The lowest BCUT2D eigenvalue weighted by atomic mass is 10.2. The molecule has 0 bridgehead atoms. The SMILES string of the molecule is O=c1c(OCF)cn(-c2cnn(Cc3ccccc3)c2)nc1-c1ccnn1-c1ccccc1. The first-order chi connectivity index (χ1) is 16.2. The molecule has 0 N–H and O–H groups in total. The molecule has 0 amide bonds. The van der Waals surface area contributed by atoms with Crippen LogP contribution in [0.15, 0.2) is 96.3 Å². The molecule has 0 unspecified atom stereocenters. The standard InChI is InChI=1S/C24H19FN6O2/c25-17-33-22-16-30(20-13-27-29(15-20)14-18-7-3-1-4-8-18)28-23(24(22)32)21-11-12-26-31(21)19-9-5-2-6-10-19/h1-13,15-16H,14,17H2. The third-order valence-corrected chi connectivity index (χ3v) is 5.05. The van der Waals surface area contributed by atoms with E-state index < -0.39 is 12.3 Å². The molecule has 3 heterocycles. The Morgan fingerprint density at radius 2 is 1.64 bits per heavy atom. The number of para-hydroxylation sites is 1. The second kappa shape index (κ2) is 8.91. The van der Waals surface area contributed by atoms with Gasteiger partial charge in [0.25, 0.3) is 5.43 Å². The van der Waals surface area contributed by atoms with Crippen LogP contribution >= 0.6 is 0 Å². The zero-order valence-corrected chi connectivity index (χ0v) is 17.5. The molecular weight excluding hydrogens is 423 g/mol. The van der Waals surface area contributed by atoms with Crippen molar-refractivity contribution >= 4 is 0 Å². The van der Waals surface area contributed by atoms with Crippen LogP contribution in [0.2, 0.25) is 0 Å². The molecule has 0 saturated heterocycles. The molecule has 33 heavy (non-hydrogen) atoms. The maximum Gasteiger partial charge on any atom is 0.251 e. The summed E-state index contributed by atoms with van der Waals surface area (Å²) in [7, 11) is 0. The number of hydrogen-bond acceptors (Lipinski definition) is 5. The third kappa shape index (κ3) is 4.16. The number of aromatic nitrogens is 6. The van der Waals surface area contributed by atoms with Gasteiger partial charge >= 0.3 is 0 Å². The summed E-state index contributed by atoms with van der Waals surface area (Å²) >= 11 is 0. The molecule has 0 aliphatic rings. The fourth-order valence-corrected chi connectivity index (χ4v) is 3.52. The van der Waals surface area contributed by atoms with Crippen molar-refractivity contribution < 1.29 is 9.13 Å². The lowest BCUT2D eigenvalue weighted by Crippen LogP contribution is -2.18. The van der Waals surface area contributed by atoms with E-state index in [4.69, 9.17) is 4.74 Å². The first-order valence-corrected chi connectivity index (χ1v) is 10.2. The number of benzene rings is 2. The van der Waals surface area contributed by atoms with E-state index in [0.29, 0.717) is 17.9 Å². The van der Waals surface area contributed by atoms with Gasteiger partial charge in [0.15, 0.2) is 11.4 Å². The van der Waals surface area contributed by atoms with Gasteiger partial charge in [-0.3, -0.25) is 9.48 Å². The highest BCUT2D eigenvalue weighted by Crippen LogP contribution is 2.21. The zero-order chi connectivity index (χ0) is 22.6. The summed E-state index contributed by atoms with van der Waals surface area (Å²) in [4.78, 5) is 13.0. The third-order valence-electron chi connectivity index (χ3n) is 5.05. The van der Waals surface area contributed by atoms with Crippen molar-refractivity contribution in [1.82, 2.24) is 29.3 Å². The van der Waals surface area contributed by atoms with E-state index >= 15 is 0 Å². The molecule has 8 nitrogen and oxygen atoms in total. The quantitative estimate of drug-likeness (QED) is 0.385. The van der Waals surface area contributed by atoms with E-state index in [-0.39, 0.29) is 11.4 Å². The number of ether oxygens (including phenoxy) is 1. The first kappa shape index (κ1) is 20.4. The van der Waals surface area contributed by atoms with Gasteiger partial charge in [-0.1, -0.05) is 48.5 Å². The second-order valence-electron chi connectivity index (χ2n) is 7.21. The molecule has 0 atom stereocenters. The number of alkyl halides is 1. The van der Waals surface area contributed by atoms with Crippen molar-refractivity contribution in [3.8, 4) is 28.5 Å². The summed E-state index contributed by atoms with van der Waals surface area (Å²) in [6.07, 6.45) is 6.35. The van der Waals surface area contributed by atoms with Crippen molar-refractivity contribution in [2.75, 3.05) is 6.86 Å². The van der Waals surface area contributed by atoms with Gasteiger partial charge in [-0.15, -0.1) is 0 Å². The number of nitrogens with zero attached hydrogens (tertiary/aromatic N) is 6. The molecule has 3 aromatic heterocycles. The molecule has 0 aliphatic heterocycles. The molecule has 0 aliphatic carbocycles. The van der Waals surface area contributed by atoms with Gasteiger partial charge in [0.2, 0.25) is 6.86 Å². The lowest BCUT2D eigenvalue weighted by molar-refractivity contribution is 0.188. The molecule has 0 spiro atoms. The molecular formula is C24H19FN6O2. The van der Waals surface area contributed by atoms with E-state index in [1.54, 1.807) is 34.0 Å². The lowest BCUT2D eigenvalue weighted by Gasteiger charge is -2.11. The van der Waals surface area contributed by atoms with Gasteiger partial charge < -0.3 is 4.74 Å². The van der Waals surface area contributed by atoms with Crippen LogP contribution in [0.5, 0.6) is 5.75 Å². The Balaban J connectivity index is 1.58. The van der Waals surface area contributed by atoms with Crippen LogP contribution in [0.3, 0.4) is 0 Å². The molecule has 0 radical (unpaired) electrons. The summed E-state index contributed by atoms with van der Waals surface area (Å²) in [5, 5.41) is 13.2. The van der Waals surface area contributed by atoms with Gasteiger partial charge in [0, 0.05) is 0 Å². The smallest absolute Gasteiger partial charge is 0.251 e. The van der Waals surface area contributed by atoms with Crippen molar-refractivity contribution in [3.63, 3.8) is 0 Å². The maximum absolute atomic E-state index is 13.0. The Morgan fingerprint density at radius 1 is 0.879 bits per heavy atom. The molecule has 0 fully saturated rings. The van der Waals surface area contributed by atoms with Crippen LogP contribution in [0.25, 0.3) is 22.8 Å². The normalized spacial score (nSPS) is 10.9. The summed E-state index contributed by atoms with van der Waals surface area (Å²) in [6, 6.07) is 20.9. The summed E-state index contributed by atoms with van der Waals surface area (Å²) in [5.74, 6) is -0.154. The monoisotopic (exact) mass is 442 g/mol. The second-order valence-corrected chi connectivity index (χ2v) is 7.21. The van der Waals surface area contributed by atoms with Crippen molar-refractivity contribution in [1.29, 1.82) is 0 Å². The van der Waals surface area contributed by atoms with E-state index in [0.717, 1.165) is 11.3 Å². The minimum absolute atomic E-state index is 0.0816. The molecule has 2 aromatic carbocycles. The van der Waals surface area contributed by atoms with Crippen LogP contribution in [0, 0.1) is 0 Å². The molecule has 9 heteroatoms. The Hall–Kier alpha value is -4.53. The minimum Gasteiger partial charge on any atom is -0.457 e. The molecule has 5 aromatic rings. The van der Waals surface area contributed by atoms with Crippen LogP contribution in [0.4, 0.5) is 4.39 Å². The van der Waals surface area contributed by atoms with E-state index in [2.05, 4.69) is 15.3 Å². The first-order valence-electron chi connectivity index (χ1n) is 10.2. The highest BCUT2D eigenvalue weighted by molar-refractivity contribution is 5.59. The van der Waals surface area contributed by atoms with Crippen LogP contribution in [-0.4, -0.2) is 36.2 Å². The largest absolute Gasteiger partial charge is 0.457 e. The van der Waals surface area contributed by atoms with Crippen LogP contribution in [0.1, 0.15) is 5.56 Å². The predicted molar refractivity (Wildman–Crippen MR) is 120 cm³/mol. The van der Waals surface area contributed by atoms with Gasteiger partial charge in [-0.25, -0.2) is 13.8 Å². The highest BCUT2D eigenvalue weighted by Gasteiger charge is 2.18. The number of halogens is 1. The summed E-state index contributed by atoms with van der Waals surface area (Å²) in [5.41, 5.74) is 2.46. The fourth-order valence-electron chi connectivity index (χ4n) is 3.52. The van der Waals surface area contributed by atoms with Crippen molar-refractivity contribution in [3.05, 3.63) is 107 Å². The Bertz CT molecular complexity index is 1430. The van der Waals surface area contributed by atoms with E-state index in [9.17, 15) is 9.18 Å².